The highest BCUT2D eigenvalue weighted by Crippen LogP contribution is 2.36. The molecule has 0 atom stereocenters. The summed E-state index contributed by atoms with van der Waals surface area (Å²) < 4.78 is 3.86. The average Bonchev–Trinajstić information content (AvgIpc) is 2.74. The SMILES string of the molecule is O=NSc1ccc(Br)cc1-c1cccs1. The van der Waals surface area contributed by atoms with Crippen molar-refractivity contribution in [2.24, 2.45) is 4.58 Å². The lowest BCUT2D eigenvalue weighted by Crippen LogP contribution is -1.78. The van der Waals surface area contributed by atoms with Gasteiger partial charge in [0.1, 0.15) is 0 Å². The summed E-state index contributed by atoms with van der Waals surface area (Å²) >= 11 is 6.03. The fraction of sp³-hybridized carbons (Fsp3) is 0. The fourth-order valence-corrected chi connectivity index (χ4v) is 2.91. The Bertz CT molecular complexity index is 470. The molecule has 0 radical (unpaired) electrons. The molecule has 0 spiro atoms. The van der Waals surface area contributed by atoms with Crippen molar-refractivity contribution >= 4 is 39.2 Å². The fourth-order valence-electron chi connectivity index (χ4n) is 1.25. The standard InChI is InChI=1S/C10H6BrNOS2/c11-7-3-4-10(15-12-13)8(6-7)9-2-1-5-14-9/h1-6H. The Labute approximate surface area is 104 Å². The van der Waals surface area contributed by atoms with Gasteiger partial charge in [0.25, 0.3) is 0 Å². The summed E-state index contributed by atoms with van der Waals surface area (Å²) in [4.78, 5) is 12.3. The summed E-state index contributed by atoms with van der Waals surface area (Å²) in [6.07, 6.45) is 0. The number of nitroso groups, excluding NO2 is 1. The highest BCUT2D eigenvalue weighted by Gasteiger charge is 2.07. The molecule has 5 heteroatoms. The number of halogens is 1. The largest absolute Gasteiger partial charge is 0.144 e. The lowest BCUT2D eigenvalue weighted by molar-refractivity contribution is 1.44. The number of rotatable bonds is 3. The van der Waals surface area contributed by atoms with E-state index in [1.54, 1.807) is 11.3 Å². The number of thiophene rings is 1. The van der Waals surface area contributed by atoms with E-state index in [1.165, 1.54) is 0 Å². The molecular formula is C10H6BrNOS2. The molecule has 0 N–H and O–H groups in total. The zero-order valence-electron chi connectivity index (χ0n) is 7.51. The van der Waals surface area contributed by atoms with E-state index in [0.717, 1.165) is 31.8 Å². The molecule has 0 saturated heterocycles. The van der Waals surface area contributed by atoms with E-state index in [-0.39, 0.29) is 0 Å². The minimum atomic E-state index is 0.885. The maximum absolute atomic E-state index is 10.3. The molecule has 0 aliphatic rings. The summed E-state index contributed by atoms with van der Waals surface area (Å²) in [6.45, 7) is 0. The molecule has 1 aromatic heterocycles. The predicted octanol–water partition coefficient (Wildman–Crippen LogP) is 4.95. The van der Waals surface area contributed by atoms with Crippen LogP contribution in [0.3, 0.4) is 0 Å². The summed E-state index contributed by atoms with van der Waals surface area (Å²) in [5.41, 5.74) is 1.05. The first-order chi connectivity index (χ1) is 7.31. The van der Waals surface area contributed by atoms with Gasteiger partial charge >= 0.3 is 0 Å². The summed E-state index contributed by atoms with van der Waals surface area (Å²) in [5, 5.41) is 2.01. The molecule has 2 rings (SSSR count). The Morgan fingerprint density at radius 3 is 2.87 bits per heavy atom. The van der Waals surface area contributed by atoms with Gasteiger partial charge in [0.15, 0.2) is 0 Å². The van der Waals surface area contributed by atoms with Crippen LogP contribution in [0.25, 0.3) is 10.4 Å². The van der Waals surface area contributed by atoms with Crippen LogP contribution in [0.15, 0.2) is 49.7 Å². The van der Waals surface area contributed by atoms with Crippen molar-refractivity contribution in [3.8, 4) is 10.4 Å². The van der Waals surface area contributed by atoms with Crippen molar-refractivity contribution < 1.29 is 0 Å². The van der Waals surface area contributed by atoms with Crippen LogP contribution in [-0.4, -0.2) is 0 Å². The summed E-state index contributed by atoms with van der Waals surface area (Å²) in [7, 11) is 0. The maximum Gasteiger partial charge on any atom is 0.0577 e. The van der Waals surface area contributed by atoms with Gasteiger partial charge in [-0.1, -0.05) is 22.0 Å². The van der Waals surface area contributed by atoms with Gasteiger partial charge < -0.3 is 0 Å². The Morgan fingerprint density at radius 1 is 1.33 bits per heavy atom. The Kier molecular flexibility index (Phi) is 3.56. The number of hydrogen-bond donors (Lipinski definition) is 0. The van der Waals surface area contributed by atoms with Gasteiger partial charge in [-0.3, -0.25) is 0 Å². The van der Waals surface area contributed by atoms with Gasteiger partial charge in [0.05, 0.1) is 11.9 Å². The second-order valence-electron chi connectivity index (χ2n) is 2.78. The van der Waals surface area contributed by atoms with Crippen molar-refractivity contribution in [3.05, 3.63) is 45.1 Å². The highest BCUT2D eigenvalue weighted by atomic mass is 79.9. The smallest absolute Gasteiger partial charge is 0.0577 e. The van der Waals surface area contributed by atoms with Crippen LogP contribution in [0.4, 0.5) is 0 Å². The van der Waals surface area contributed by atoms with Crippen molar-refractivity contribution in [3.63, 3.8) is 0 Å². The predicted molar refractivity (Wildman–Crippen MR) is 69.1 cm³/mol. The number of benzene rings is 1. The van der Waals surface area contributed by atoms with Crippen LogP contribution >= 0.6 is 39.2 Å². The molecule has 0 amide bonds. The Hall–Kier alpha value is -0.650. The molecule has 0 bridgehead atoms. The van der Waals surface area contributed by atoms with Crippen LogP contribution in [0.2, 0.25) is 0 Å². The van der Waals surface area contributed by atoms with Gasteiger partial charge in [0, 0.05) is 24.4 Å². The van der Waals surface area contributed by atoms with E-state index in [4.69, 9.17) is 0 Å². The molecule has 0 aliphatic heterocycles. The molecule has 0 unspecified atom stereocenters. The lowest BCUT2D eigenvalue weighted by atomic mass is 10.2. The third-order valence-electron chi connectivity index (χ3n) is 1.86. The van der Waals surface area contributed by atoms with Gasteiger partial charge in [-0.05, 0) is 29.6 Å². The third kappa shape index (κ3) is 2.48. The monoisotopic (exact) mass is 299 g/mol. The normalized spacial score (nSPS) is 10.2. The molecule has 76 valence electrons. The first kappa shape index (κ1) is 10.9. The van der Waals surface area contributed by atoms with E-state index in [0.29, 0.717) is 0 Å². The van der Waals surface area contributed by atoms with Gasteiger partial charge in [-0.15, -0.1) is 16.2 Å². The van der Waals surface area contributed by atoms with E-state index >= 15 is 0 Å². The molecule has 1 heterocycles. The highest BCUT2D eigenvalue weighted by molar-refractivity contribution is 9.10. The molecule has 2 nitrogen and oxygen atoms in total. The van der Waals surface area contributed by atoms with Crippen molar-refractivity contribution in [1.82, 2.24) is 0 Å². The number of nitrogens with zero attached hydrogens (tertiary/aromatic N) is 1. The Balaban J connectivity index is 2.52. The molecule has 15 heavy (non-hydrogen) atoms. The van der Waals surface area contributed by atoms with Gasteiger partial charge in [-0.2, -0.15) is 0 Å². The summed E-state index contributed by atoms with van der Waals surface area (Å²) in [6, 6.07) is 9.82. The van der Waals surface area contributed by atoms with Crippen molar-refractivity contribution in [2.75, 3.05) is 0 Å². The molecule has 0 saturated carbocycles. The lowest BCUT2D eigenvalue weighted by Gasteiger charge is -2.03. The van der Waals surface area contributed by atoms with E-state index < -0.39 is 0 Å². The molecule has 2 aromatic rings. The average molecular weight is 300 g/mol. The third-order valence-corrected chi connectivity index (χ3v) is 3.89. The van der Waals surface area contributed by atoms with Crippen LogP contribution in [-0.2, 0) is 0 Å². The van der Waals surface area contributed by atoms with Crippen molar-refractivity contribution in [1.29, 1.82) is 0 Å². The zero-order valence-corrected chi connectivity index (χ0v) is 10.7. The first-order valence-corrected chi connectivity index (χ1v) is 6.59. The molecule has 1 aromatic carbocycles. The number of hydrogen-bond acceptors (Lipinski definition) is 4. The van der Waals surface area contributed by atoms with Crippen LogP contribution in [0, 0.1) is 4.91 Å². The summed E-state index contributed by atoms with van der Waals surface area (Å²) in [5.74, 6) is 0. The minimum absolute atomic E-state index is 0.885. The van der Waals surface area contributed by atoms with E-state index in [1.807, 2.05) is 35.7 Å². The van der Waals surface area contributed by atoms with Crippen molar-refractivity contribution in [2.45, 2.75) is 4.90 Å². The molecular weight excluding hydrogens is 294 g/mol. The van der Waals surface area contributed by atoms with Crippen LogP contribution in [0.5, 0.6) is 0 Å². The molecule has 0 aliphatic carbocycles. The minimum Gasteiger partial charge on any atom is -0.144 e. The topological polar surface area (TPSA) is 29.4 Å². The Morgan fingerprint density at radius 2 is 2.20 bits per heavy atom. The second kappa shape index (κ2) is 4.92. The first-order valence-electron chi connectivity index (χ1n) is 4.14. The maximum atomic E-state index is 10.3. The quantitative estimate of drug-likeness (QED) is 0.593. The van der Waals surface area contributed by atoms with Crippen LogP contribution < -0.4 is 0 Å². The van der Waals surface area contributed by atoms with E-state index in [9.17, 15) is 4.91 Å². The molecule has 0 fully saturated rings. The second-order valence-corrected chi connectivity index (χ2v) is 5.42. The van der Waals surface area contributed by atoms with Gasteiger partial charge in [-0.25, -0.2) is 0 Å². The zero-order chi connectivity index (χ0) is 10.7. The van der Waals surface area contributed by atoms with Gasteiger partial charge in [0.2, 0.25) is 0 Å². The van der Waals surface area contributed by atoms with E-state index in [2.05, 4.69) is 20.5 Å². The van der Waals surface area contributed by atoms with Crippen LogP contribution in [0.1, 0.15) is 0 Å².